The Bertz CT molecular complexity index is 435. The summed E-state index contributed by atoms with van der Waals surface area (Å²) in [5.41, 5.74) is 0.0238. The zero-order chi connectivity index (χ0) is 14.4. The van der Waals surface area contributed by atoms with E-state index in [1.165, 1.54) is 12.3 Å². The zero-order valence-corrected chi connectivity index (χ0v) is 12.0. The Morgan fingerprint density at radius 3 is 2.63 bits per heavy atom. The van der Waals surface area contributed by atoms with Crippen molar-refractivity contribution >= 4 is 11.7 Å². The monoisotopic (exact) mass is 267 g/mol. The van der Waals surface area contributed by atoms with E-state index in [0.717, 1.165) is 12.8 Å². The molecule has 19 heavy (non-hydrogen) atoms. The van der Waals surface area contributed by atoms with Crippen LogP contribution in [0.2, 0.25) is 0 Å². The molecule has 0 fully saturated rings. The molecule has 0 saturated carbocycles. The number of carbonyl (C=O) groups excluding carboxylic acids is 1. The Morgan fingerprint density at radius 1 is 1.37 bits per heavy atom. The van der Waals surface area contributed by atoms with E-state index in [1.807, 2.05) is 6.92 Å². The lowest BCUT2D eigenvalue weighted by Crippen LogP contribution is -2.33. The number of amides is 1. The van der Waals surface area contributed by atoms with Gasteiger partial charge in [-0.15, -0.1) is 0 Å². The molecule has 0 radical (unpaired) electrons. The first-order chi connectivity index (χ1) is 8.95. The lowest BCUT2D eigenvalue weighted by Gasteiger charge is -2.15. The minimum absolute atomic E-state index is 0.0238. The number of pyridine rings is 1. The zero-order valence-electron chi connectivity index (χ0n) is 12.0. The number of nitrogens with one attached hydrogen (secondary N) is 2. The van der Waals surface area contributed by atoms with Crippen LogP contribution < -0.4 is 10.6 Å². The quantitative estimate of drug-likeness (QED) is 0.833. The Labute approximate surface area is 113 Å². The molecule has 1 atom stereocenters. The van der Waals surface area contributed by atoms with Gasteiger partial charge in [0.15, 0.2) is 11.6 Å². The molecule has 5 heteroatoms. The van der Waals surface area contributed by atoms with Gasteiger partial charge in [0.1, 0.15) is 0 Å². The van der Waals surface area contributed by atoms with Crippen LogP contribution in [0.3, 0.4) is 0 Å². The second-order valence-electron chi connectivity index (χ2n) is 5.12. The van der Waals surface area contributed by atoms with Crippen LogP contribution in [0.15, 0.2) is 12.3 Å². The summed E-state index contributed by atoms with van der Waals surface area (Å²) in [6, 6.07) is 1.42. The molecule has 1 aromatic rings. The van der Waals surface area contributed by atoms with E-state index in [0.29, 0.717) is 5.92 Å². The van der Waals surface area contributed by atoms with Gasteiger partial charge in [0, 0.05) is 19.3 Å². The molecule has 2 N–H and O–H groups in total. The summed E-state index contributed by atoms with van der Waals surface area (Å²) >= 11 is 0. The van der Waals surface area contributed by atoms with Crippen molar-refractivity contribution in [2.75, 3.05) is 12.4 Å². The van der Waals surface area contributed by atoms with Crippen LogP contribution in [0.1, 0.15) is 44.0 Å². The van der Waals surface area contributed by atoms with Gasteiger partial charge in [0.25, 0.3) is 5.91 Å². The molecule has 1 amide bonds. The molecule has 1 rings (SSSR count). The molecule has 1 unspecified atom stereocenters. The number of nitrogens with zero attached hydrogens (tertiary/aromatic N) is 1. The van der Waals surface area contributed by atoms with Crippen LogP contribution >= 0.6 is 0 Å². The fraction of sp³-hybridized carbons (Fsp3) is 0.571. The molecule has 0 saturated heterocycles. The number of hydrogen-bond acceptors (Lipinski definition) is 3. The number of anilines is 1. The summed E-state index contributed by atoms with van der Waals surface area (Å²) < 4.78 is 13.9. The van der Waals surface area contributed by atoms with Crippen molar-refractivity contribution in [3.05, 3.63) is 23.6 Å². The SMILES string of the molecule is CNc1nccc(C(=O)NC(C)CCC(C)C)c1F. The molecule has 1 heterocycles. The van der Waals surface area contributed by atoms with Crippen molar-refractivity contribution in [3.8, 4) is 0 Å². The number of hydrogen-bond donors (Lipinski definition) is 2. The highest BCUT2D eigenvalue weighted by atomic mass is 19.1. The van der Waals surface area contributed by atoms with Gasteiger partial charge in [-0.25, -0.2) is 9.37 Å². The predicted molar refractivity (Wildman–Crippen MR) is 74.7 cm³/mol. The molecule has 0 aliphatic carbocycles. The maximum absolute atomic E-state index is 13.9. The van der Waals surface area contributed by atoms with Crippen LogP contribution in [0, 0.1) is 11.7 Å². The molecule has 0 spiro atoms. The second-order valence-corrected chi connectivity index (χ2v) is 5.12. The fourth-order valence-electron chi connectivity index (χ4n) is 1.75. The molecule has 0 aromatic carbocycles. The molecule has 0 aliphatic rings. The van der Waals surface area contributed by atoms with Gasteiger partial charge in [0.2, 0.25) is 0 Å². The Hall–Kier alpha value is -1.65. The summed E-state index contributed by atoms with van der Waals surface area (Å²) in [5.74, 6) is -0.332. The molecule has 106 valence electrons. The van der Waals surface area contributed by atoms with E-state index in [2.05, 4.69) is 29.5 Å². The Kier molecular flexibility index (Phi) is 5.73. The maximum atomic E-state index is 13.9. The third-order valence-electron chi connectivity index (χ3n) is 2.93. The van der Waals surface area contributed by atoms with Crippen molar-refractivity contribution in [3.63, 3.8) is 0 Å². The predicted octanol–water partition coefficient (Wildman–Crippen LogP) is 2.82. The van der Waals surface area contributed by atoms with Gasteiger partial charge < -0.3 is 10.6 Å². The third-order valence-corrected chi connectivity index (χ3v) is 2.93. The first-order valence-electron chi connectivity index (χ1n) is 6.58. The van der Waals surface area contributed by atoms with Crippen molar-refractivity contribution in [2.45, 2.75) is 39.7 Å². The van der Waals surface area contributed by atoms with E-state index in [9.17, 15) is 9.18 Å². The van der Waals surface area contributed by atoms with E-state index in [1.54, 1.807) is 7.05 Å². The summed E-state index contributed by atoms with van der Waals surface area (Å²) in [6.07, 6.45) is 3.33. The lowest BCUT2D eigenvalue weighted by molar-refractivity contribution is 0.0933. The Balaban J connectivity index is 2.68. The maximum Gasteiger partial charge on any atom is 0.254 e. The first-order valence-corrected chi connectivity index (χ1v) is 6.58. The smallest absolute Gasteiger partial charge is 0.254 e. The van der Waals surface area contributed by atoms with E-state index in [-0.39, 0.29) is 17.4 Å². The van der Waals surface area contributed by atoms with Gasteiger partial charge >= 0.3 is 0 Å². The third kappa shape index (κ3) is 4.50. The highest BCUT2D eigenvalue weighted by Crippen LogP contribution is 2.15. The van der Waals surface area contributed by atoms with Gasteiger partial charge in [-0.05, 0) is 31.7 Å². The number of rotatable bonds is 6. The standard InChI is InChI=1S/C14H22FN3O/c1-9(2)5-6-10(3)18-14(19)11-7-8-17-13(16-4)12(11)15/h7-10H,5-6H2,1-4H3,(H,16,17)(H,18,19). The van der Waals surface area contributed by atoms with Crippen molar-refractivity contribution in [2.24, 2.45) is 5.92 Å². The fourth-order valence-corrected chi connectivity index (χ4v) is 1.75. The molecule has 1 aromatic heterocycles. The van der Waals surface area contributed by atoms with Crippen LogP contribution in [-0.2, 0) is 0 Å². The minimum atomic E-state index is -0.612. The van der Waals surface area contributed by atoms with Crippen molar-refractivity contribution in [1.82, 2.24) is 10.3 Å². The molecular weight excluding hydrogens is 245 g/mol. The number of halogens is 1. The van der Waals surface area contributed by atoms with E-state index < -0.39 is 11.7 Å². The molecule has 0 bridgehead atoms. The highest BCUT2D eigenvalue weighted by molar-refractivity contribution is 5.95. The number of aromatic nitrogens is 1. The molecular formula is C14H22FN3O. The lowest BCUT2D eigenvalue weighted by atomic mass is 10.0. The van der Waals surface area contributed by atoms with E-state index >= 15 is 0 Å². The average Bonchev–Trinajstić information content (AvgIpc) is 2.36. The summed E-state index contributed by atoms with van der Waals surface area (Å²) in [7, 11) is 1.57. The van der Waals surface area contributed by atoms with Gasteiger partial charge in [0.05, 0.1) is 5.56 Å². The summed E-state index contributed by atoms with van der Waals surface area (Å²) in [6.45, 7) is 6.20. The van der Waals surface area contributed by atoms with Crippen molar-refractivity contribution in [1.29, 1.82) is 0 Å². The van der Waals surface area contributed by atoms with Crippen LogP contribution in [-0.4, -0.2) is 24.0 Å². The second kappa shape index (κ2) is 7.07. The van der Waals surface area contributed by atoms with Crippen LogP contribution in [0.4, 0.5) is 10.2 Å². The summed E-state index contributed by atoms with van der Waals surface area (Å²) in [5, 5.41) is 5.43. The van der Waals surface area contributed by atoms with Gasteiger partial charge in [-0.3, -0.25) is 4.79 Å². The average molecular weight is 267 g/mol. The normalized spacial score (nSPS) is 12.3. The topological polar surface area (TPSA) is 54.0 Å². The largest absolute Gasteiger partial charge is 0.371 e. The Morgan fingerprint density at radius 2 is 2.05 bits per heavy atom. The van der Waals surface area contributed by atoms with Crippen LogP contribution in [0.5, 0.6) is 0 Å². The number of carbonyl (C=O) groups is 1. The van der Waals surface area contributed by atoms with E-state index in [4.69, 9.17) is 0 Å². The minimum Gasteiger partial charge on any atom is -0.371 e. The first kappa shape index (κ1) is 15.4. The van der Waals surface area contributed by atoms with Gasteiger partial charge in [-0.1, -0.05) is 13.8 Å². The van der Waals surface area contributed by atoms with Gasteiger partial charge in [-0.2, -0.15) is 0 Å². The summed E-state index contributed by atoms with van der Waals surface area (Å²) in [4.78, 5) is 15.8. The highest BCUT2D eigenvalue weighted by Gasteiger charge is 2.17. The van der Waals surface area contributed by atoms with Crippen molar-refractivity contribution < 1.29 is 9.18 Å². The molecule has 0 aliphatic heterocycles. The van der Waals surface area contributed by atoms with Crippen LogP contribution in [0.25, 0.3) is 0 Å². The molecule has 4 nitrogen and oxygen atoms in total.